The van der Waals surface area contributed by atoms with Gasteiger partial charge in [-0.3, -0.25) is 9.10 Å². The molecule has 3 aromatic rings. The lowest BCUT2D eigenvalue weighted by atomic mass is 10.2. The van der Waals surface area contributed by atoms with Gasteiger partial charge in [0.05, 0.1) is 10.6 Å². The zero-order valence-corrected chi connectivity index (χ0v) is 22.2. The van der Waals surface area contributed by atoms with Gasteiger partial charge in [-0.1, -0.05) is 52.5 Å². The maximum atomic E-state index is 13.4. The molecule has 0 spiro atoms. The molecule has 0 fully saturated rings. The van der Waals surface area contributed by atoms with Gasteiger partial charge in [0.2, 0.25) is 5.91 Å². The van der Waals surface area contributed by atoms with Crippen molar-refractivity contribution in [3.8, 4) is 0 Å². The number of halogens is 3. The SMILES string of the molecule is Cc1ccc(S(=O)(=O)N(CC(=O)NCCCSc2ccc(Cl)cc2)c2cc(Cl)cc(Cl)c2)cc1. The Morgan fingerprint density at radius 2 is 1.53 bits per heavy atom. The maximum Gasteiger partial charge on any atom is 0.264 e. The summed E-state index contributed by atoms with van der Waals surface area (Å²) in [6, 6.07) is 18.4. The Morgan fingerprint density at radius 1 is 0.912 bits per heavy atom. The highest BCUT2D eigenvalue weighted by molar-refractivity contribution is 7.99. The van der Waals surface area contributed by atoms with Crippen LogP contribution in [-0.2, 0) is 14.8 Å². The summed E-state index contributed by atoms with van der Waals surface area (Å²) in [7, 11) is -4.03. The first-order valence-electron chi connectivity index (χ1n) is 10.4. The van der Waals surface area contributed by atoms with Crippen LogP contribution in [0.1, 0.15) is 12.0 Å². The lowest BCUT2D eigenvalue weighted by Gasteiger charge is -2.24. The van der Waals surface area contributed by atoms with E-state index in [1.807, 2.05) is 31.2 Å². The predicted molar refractivity (Wildman–Crippen MR) is 142 cm³/mol. The van der Waals surface area contributed by atoms with Crippen LogP contribution < -0.4 is 9.62 Å². The molecule has 3 rings (SSSR count). The number of carbonyl (C=O) groups is 1. The van der Waals surface area contributed by atoms with Gasteiger partial charge >= 0.3 is 0 Å². The molecule has 1 N–H and O–H groups in total. The molecular formula is C24H23Cl3N2O3S2. The van der Waals surface area contributed by atoms with Gasteiger partial charge in [0.25, 0.3) is 10.0 Å². The van der Waals surface area contributed by atoms with Crippen LogP contribution in [0.3, 0.4) is 0 Å². The van der Waals surface area contributed by atoms with E-state index < -0.39 is 22.5 Å². The van der Waals surface area contributed by atoms with E-state index in [2.05, 4.69) is 5.32 Å². The number of rotatable bonds is 10. The summed E-state index contributed by atoms with van der Waals surface area (Å²) in [6.07, 6.45) is 0.715. The number of benzene rings is 3. The summed E-state index contributed by atoms with van der Waals surface area (Å²) in [6.45, 7) is 1.87. The number of aryl methyl sites for hydroxylation is 1. The van der Waals surface area contributed by atoms with Gasteiger partial charge < -0.3 is 5.32 Å². The van der Waals surface area contributed by atoms with Gasteiger partial charge in [-0.25, -0.2) is 8.42 Å². The quantitative estimate of drug-likeness (QED) is 0.230. The fraction of sp³-hybridized carbons (Fsp3) is 0.208. The summed E-state index contributed by atoms with van der Waals surface area (Å²) in [5.74, 6) is 0.361. The molecular weight excluding hydrogens is 535 g/mol. The summed E-state index contributed by atoms with van der Waals surface area (Å²) in [5, 5.41) is 4.02. The number of nitrogens with one attached hydrogen (secondary N) is 1. The highest BCUT2D eigenvalue weighted by atomic mass is 35.5. The molecule has 0 radical (unpaired) electrons. The van der Waals surface area contributed by atoms with E-state index in [-0.39, 0.29) is 20.6 Å². The minimum atomic E-state index is -4.03. The standard InChI is InChI=1S/C24H23Cl3N2O3S2/c1-17-3-9-23(10-4-17)34(31,32)29(21-14-19(26)13-20(27)15-21)16-24(30)28-11-2-12-33-22-7-5-18(25)6-8-22/h3-10,13-15H,2,11-12,16H2,1H3,(H,28,30). The Bertz CT molecular complexity index is 1220. The van der Waals surface area contributed by atoms with Crippen LogP contribution in [0.25, 0.3) is 0 Å². The van der Waals surface area contributed by atoms with Crippen molar-refractivity contribution in [2.45, 2.75) is 23.1 Å². The van der Waals surface area contributed by atoms with E-state index >= 15 is 0 Å². The first kappa shape index (κ1) is 26.7. The van der Waals surface area contributed by atoms with Gasteiger partial charge in [-0.15, -0.1) is 11.8 Å². The third kappa shape index (κ3) is 7.55. The monoisotopic (exact) mass is 556 g/mol. The number of hydrogen-bond donors (Lipinski definition) is 1. The van der Waals surface area contributed by atoms with Crippen LogP contribution >= 0.6 is 46.6 Å². The molecule has 0 unspecified atom stereocenters. The van der Waals surface area contributed by atoms with Gasteiger partial charge in [0.15, 0.2) is 0 Å². The second-order valence-electron chi connectivity index (χ2n) is 7.46. The highest BCUT2D eigenvalue weighted by Gasteiger charge is 2.27. The van der Waals surface area contributed by atoms with E-state index in [1.165, 1.54) is 30.3 Å². The molecule has 34 heavy (non-hydrogen) atoms. The van der Waals surface area contributed by atoms with Crippen LogP contribution in [0.4, 0.5) is 5.69 Å². The Hall–Kier alpha value is -1.90. The van der Waals surface area contributed by atoms with E-state index in [1.54, 1.807) is 23.9 Å². The number of thioether (sulfide) groups is 1. The summed E-state index contributed by atoms with van der Waals surface area (Å²) in [4.78, 5) is 13.9. The average molecular weight is 558 g/mol. The van der Waals surface area contributed by atoms with Crippen LogP contribution in [0.15, 0.2) is 76.5 Å². The van der Waals surface area contributed by atoms with E-state index in [9.17, 15) is 13.2 Å². The molecule has 0 aliphatic rings. The predicted octanol–water partition coefficient (Wildman–Crippen LogP) is 6.45. The maximum absolute atomic E-state index is 13.4. The van der Waals surface area contributed by atoms with Crippen molar-refractivity contribution < 1.29 is 13.2 Å². The third-order valence-electron chi connectivity index (χ3n) is 4.76. The molecule has 0 heterocycles. The molecule has 1 amide bonds. The van der Waals surface area contributed by atoms with Crippen molar-refractivity contribution >= 4 is 68.2 Å². The fourth-order valence-electron chi connectivity index (χ4n) is 3.04. The summed E-state index contributed by atoms with van der Waals surface area (Å²) < 4.78 is 27.8. The first-order valence-corrected chi connectivity index (χ1v) is 13.9. The van der Waals surface area contributed by atoms with E-state index in [4.69, 9.17) is 34.8 Å². The number of amides is 1. The number of nitrogens with zero attached hydrogens (tertiary/aromatic N) is 1. The van der Waals surface area contributed by atoms with Gasteiger partial charge in [0, 0.05) is 26.5 Å². The highest BCUT2D eigenvalue weighted by Crippen LogP contribution is 2.29. The summed E-state index contributed by atoms with van der Waals surface area (Å²) in [5.41, 5.74) is 1.14. The third-order valence-corrected chi connectivity index (χ3v) is 8.33. The van der Waals surface area contributed by atoms with Gasteiger partial charge in [-0.2, -0.15) is 0 Å². The van der Waals surface area contributed by atoms with Gasteiger partial charge in [0.1, 0.15) is 6.54 Å². The lowest BCUT2D eigenvalue weighted by molar-refractivity contribution is -0.119. The molecule has 0 saturated heterocycles. The zero-order valence-electron chi connectivity index (χ0n) is 18.3. The lowest BCUT2D eigenvalue weighted by Crippen LogP contribution is -2.41. The van der Waals surface area contributed by atoms with Crippen molar-refractivity contribution in [1.29, 1.82) is 0 Å². The number of sulfonamides is 1. The Morgan fingerprint density at radius 3 is 2.15 bits per heavy atom. The fourth-order valence-corrected chi connectivity index (χ4v) is 5.94. The number of carbonyl (C=O) groups excluding carboxylic acids is 1. The molecule has 180 valence electrons. The minimum absolute atomic E-state index is 0.0707. The Balaban J connectivity index is 1.68. The van der Waals surface area contributed by atoms with Crippen molar-refractivity contribution in [3.05, 3.63) is 87.4 Å². The van der Waals surface area contributed by atoms with Crippen molar-refractivity contribution in [2.75, 3.05) is 23.1 Å². The van der Waals surface area contributed by atoms with E-state index in [0.717, 1.165) is 20.5 Å². The minimum Gasteiger partial charge on any atom is -0.354 e. The molecule has 5 nitrogen and oxygen atoms in total. The average Bonchev–Trinajstić information content (AvgIpc) is 2.78. The first-order chi connectivity index (χ1) is 16.1. The Kier molecular flexibility index (Phi) is 9.56. The molecule has 10 heteroatoms. The van der Waals surface area contributed by atoms with E-state index in [0.29, 0.717) is 18.0 Å². The van der Waals surface area contributed by atoms with Crippen molar-refractivity contribution in [3.63, 3.8) is 0 Å². The second kappa shape index (κ2) is 12.2. The van der Waals surface area contributed by atoms with Crippen LogP contribution in [0.2, 0.25) is 15.1 Å². The number of anilines is 1. The molecule has 0 bridgehead atoms. The topological polar surface area (TPSA) is 66.5 Å². The van der Waals surface area contributed by atoms with Crippen molar-refractivity contribution in [1.82, 2.24) is 5.32 Å². The van der Waals surface area contributed by atoms with Crippen LogP contribution in [0.5, 0.6) is 0 Å². The molecule has 0 aliphatic heterocycles. The van der Waals surface area contributed by atoms with Crippen molar-refractivity contribution in [2.24, 2.45) is 0 Å². The molecule has 0 saturated carbocycles. The van der Waals surface area contributed by atoms with Crippen LogP contribution in [0, 0.1) is 6.92 Å². The molecule has 0 aromatic heterocycles. The second-order valence-corrected chi connectivity index (χ2v) is 11.8. The van der Waals surface area contributed by atoms with Gasteiger partial charge in [-0.05, 0) is 73.7 Å². The largest absolute Gasteiger partial charge is 0.354 e. The molecule has 0 aliphatic carbocycles. The smallest absolute Gasteiger partial charge is 0.264 e. The zero-order chi connectivity index (χ0) is 24.7. The molecule has 0 atom stereocenters. The summed E-state index contributed by atoms with van der Waals surface area (Å²) >= 11 is 19.8. The Labute approximate surface area is 219 Å². The normalized spacial score (nSPS) is 11.3. The van der Waals surface area contributed by atoms with Crippen LogP contribution in [-0.4, -0.2) is 33.2 Å². The molecule has 3 aromatic carbocycles. The number of hydrogen-bond acceptors (Lipinski definition) is 4.